The van der Waals surface area contributed by atoms with Crippen molar-refractivity contribution in [1.29, 1.82) is 0 Å². The highest BCUT2D eigenvalue weighted by Crippen LogP contribution is 2.24. The van der Waals surface area contributed by atoms with Crippen LogP contribution < -0.4 is 10.3 Å². The number of rotatable bonds is 6. The van der Waals surface area contributed by atoms with Crippen molar-refractivity contribution in [3.8, 4) is 11.3 Å². The lowest BCUT2D eigenvalue weighted by molar-refractivity contribution is 0.606. The number of pyridine rings is 1. The minimum Gasteiger partial charge on any atom is -0.318 e. The predicted molar refractivity (Wildman–Crippen MR) is 94.5 cm³/mol. The summed E-state index contributed by atoms with van der Waals surface area (Å²) >= 11 is 0. The van der Waals surface area contributed by atoms with Crippen molar-refractivity contribution < 1.29 is 8.42 Å². The van der Waals surface area contributed by atoms with E-state index < -0.39 is 10.0 Å². The van der Waals surface area contributed by atoms with Gasteiger partial charge in [-0.3, -0.25) is 9.52 Å². The average Bonchev–Trinajstić information content (AvgIpc) is 2.49. The van der Waals surface area contributed by atoms with Crippen molar-refractivity contribution in [2.24, 2.45) is 7.05 Å². The number of hydrogen-bond acceptors (Lipinski definition) is 5. The van der Waals surface area contributed by atoms with E-state index in [-0.39, 0.29) is 11.5 Å². The Kier molecular flexibility index (Phi) is 5.38. The lowest BCUT2D eigenvalue weighted by atomic mass is 10.0. The van der Waals surface area contributed by atoms with Crippen LogP contribution in [0, 0.1) is 6.92 Å². The third kappa shape index (κ3) is 4.41. The first-order chi connectivity index (χ1) is 11.2. The number of aromatic nitrogens is 3. The summed E-state index contributed by atoms with van der Waals surface area (Å²) in [4.78, 5) is 20.4. The van der Waals surface area contributed by atoms with Gasteiger partial charge in [-0.25, -0.2) is 18.4 Å². The van der Waals surface area contributed by atoms with Gasteiger partial charge in [-0.2, -0.15) is 0 Å². The van der Waals surface area contributed by atoms with Crippen molar-refractivity contribution in [2.45, 2.75) is 33.1 Å². The molecule has 0 spiro atoms. The highest BCUT2D eigenvalue weighted by atomic mass is 32.2. The van der Waals surface area contributed by atoms with Crippen molar-refractivity contribution in [2.75, 3.05) is 11.0 Å². The molecule has 2 aromatic rings. The first-order valence-electron chi connectivity index (χ1n) is 7.72. The maximum Gasteiger partial charge on any atom is 0.253 e. The van der Waals surface area contributed by atoms with Gasteiger partial charge in [0.1, 0.15) is 0 Å². The van der Waals surface area contributed by atoms with Gasteiger partial charge in [0.25, 0.3) is 5.56 Å². The van der Waals surface area contributed by atoms with Gasteiger partial charge in [0.2, 0.25) is 16.0 Å². The normalized spacial score (nSPS) is 11.5. The Morgan fingerprint density at radius 1 is 1.33 bits per heavy atom. The van der Waals surface area contributed by atoms with E-state index in [0.29, 0.717) is 11.3 Å². The number of anilines is 1. The fraction of sp³-hybridized carbons (Fsp3) is 0.438. The molecule has 0 aliphatic carbocycles. The van der Waals surface area contributed by atoms with Gasteiger partial charge in [-0.15, -0.1) is 0 Å². The summed E-state index contributed by atoms with van der Waals surface area (Å²) in [6.07, 6.45) is 7.18. The number of sulfonamides is 1. The van der Waals surface area contributed by atoms with Crippen LogP contribution in [0.4, 0.5) is 5.95 Å². The summed E-state index contributed by atoms with van der Waals surface area (Å²) < 4.78 is 26.6. The van der Waals surface area contributed by atoms with Crippen LogP contribution in [0.5, 0.6) is 0 Å². The minimum absolute atomic E-state index is 0.0271. The van der Waals surface area contributed by atoms with Gasteiger partial charge in [0, 0.05) is 30.6 Å². The second-order valence-electron chi connectivity index (χ2n) is 5.87. The molecule has 130 valence electrons. The van der Waals surface area contributed by atoms with E-state index >= 15 is 0 Å². The lowest BCUT2D eigenvalue weighted by Gasteiger charge is -2.12. The predicted octanol–water partition coefficient (Wildman–Crippen LogP) is 1.86. The summed E-state index contributed by atoms with van der Waals surface area (Å²) in [5.41, 5.74) is 2.86. The summed E-state index contributed by atoms with van der Waals surface area (Å²) in [6, 6.07) is 1.77. The Morgan fingerprint density at radius 2 is 2.04 bits per heavy atom. The first-order valence-corrected chi connectivity index (χ1v) is 9.61. The number of unbranched alkanes of at least 4 members (excludes halogenated alkanes) is 1. The molecular formula is C16H22N4O3S. The summed E-state index contributed by atoms with van der Waals surface area (Å²) in [5, 5.41) is 0. The van der Waals surface area contributed by atoms with Gasteiger partial charge in [-0.1, -0.05) is 13.3 Å². The van der Waals surface area contributed by atoms with Crippen molar-refractivity contribution in [1.82, 2.24) is 14.5 Å². The quantitative estimate of drug-likeness (QED) is 0.858. The van der Waals surface area contributed by atoms with E-state index in [1.54, 1.807) is 32.4 Å². The zero-order valence-corrected chi connectivity index (χ0v) is 15.1. The second kappa shape index (κ2) is 7.12. The van der Waals surface area contributed by atoms with Crippen LogP contribution in [0.25, 0.3) is 11.3 Å². The van der Waals surface area contributed by atoms with E-state index in [4.69, 9.17) is 0 Å². The molecule has 0 aliphatic heterocycles. The standard InChI is InChI=1S/C16H22N4O3S/c1-5-6-7-12-9-17-16(19-24(4,22)23)18-14(12)13-8-11(2)15(21)20(3)10-13/h8-10H,5-7H2,1-4H3,(H,17,18,19). The number of aryl methyl sites for hydroxylation is 3. The molecule has 0 unspecified atom stereocenters. The molecule has 0 saturated heterocycles. The van der Waals surface area contributed by atoms with Gasteiger partial charge >= 0.3 is 0 Å². The fourth-order valence-corrected chi connectivity index (χ4v) is 2.86. The molecule has 8 heteroatoms. The first kappa shape index (κ1) is 18.1. The Morgan fingerprint density at radius 3 is 2.62 bits per heavy atom. The second-order valence-corrected chi connectivity index (χ2v) is 7.62. The van der Waals surface area contributed by atoms with Crippen molar-refractivity contribution >= 4 is 16.0 Å². The van der Waals surface area contributed by atoms with Crippen molar-refractivity contribution in [3.05, 3.63) is 39.9 Å². The van der Waals surface area contributed by atoms with Crippen LogP contribution in [0.15, 0.2) is 23.3 Å². The Hall–Kier alpha value is -2.22. The fourth-order valence-electron chi connectivity index (χ4n) is 2.43. The third-order valence-corrected chi connectivity index (χ3v) is 4.13. The van der Waals surface area contributed by atoms with E-state index in [0.717, 1.165) is 36.6 Å². The number of nitrogens with one attached hydrogen (secondary N) is 1. The van der Waals surface area contributed by atoms with Crippen molar-refractivity contribution in [3.63, 3.8) is 0 Å². The maximum atomic E-state index is 11.9. The molecule has 24 heavy (non-hydrogen) atoms. The highest BCUT2D eigenvalue weighted by molar-refractivity contribution is 7.91. The summed E-state index contributed by atoms with van der Waals surface area (Å²) in [5.74, 6) is 0.0271. The monoisotopic (exact) mass is 350 g/mol. The van der Waals surface area contributed by atoms with Crippen LogP contribution in [0.3, 0.4) is 0 Å². The summed E-state index contributed by atoms with van der Waals surface area (Å²) in [6.45, 7) is 3.84. The number of nitrogens with zero attached hydrogens (tertiary/aromatic N) is 3. The molecule has 2 rings (SSSR count). The van der Waals surface area contributed by atoms with Crippen LogP contribution in [0.2, 0.25) is 0 Å². The van der Waals surface area contributed by atoms with Gasteiger partial charge in [0.15, 0.2) is 0 Å². The lowest BCUT2D eigenvalue weighted by Crippen LogP contribution is -2.19. The molecule has 2 aromatic heterocycles. The topological polar surface area (TPSA) is 94.0 Å². The Labute approximate surface area is 141 Å². The summed E-state index contributed by atoms with van der Waals surface area (Å²) in [7, 11) is -1.78. The van der Waals surface area contributed by atoms with Gasteiger partial charge in [0.05, 0.1) is 11.9 Å². The smallest absolute Gasteiger partial charge is 0.253 e. The molecule has 0 atom stereocenters. The van der Waals surface area contributed by atoms with E-state index in [2.05, 4.69) is 21.6 Å². The molecule has 0 amide bonds. The molecule has 7 nitrogen and oxygen atoms in total. The minimum atomic E-state index is -3.46. The third-order valence-electron chi connectivity index (χ3n) is 3.58. The molecule has 0 saturated carbocycles. The van der Waals surface area contributed by atoms with E-state index in [1.807, 2.05) is 0 Å². The molecule has 0 fully saturated rings. The van der Waals surface area contributed by atoms with Crippen LogP contribution >= 0.6 is 0 Å². The molecule has 0 bridgehead atoms. The van der Waals surface area contributed by atoms with Crippen LogP contribution in [-0.4, -0.2) is 29.2 Å². The maximum absolute atomic E-state index is 11.9. The SMILES string of the molecule is CCCCc1cnc(NS(C)(=O)=O)nc1-c1cc(C)c(=O)n(C)c1. The van der Waals surface area contributed by atoms with E-state index in [9.17, 15) is 13.2 Å². The van der Waals surface area contributed by atoms with Crippen LogP contribution in [0.1, 0.15) is 30.9 Å². The zero-order chi connectivity index (χ0) is 17.9. The molecule has 0 aliphatic rings. The van der Waals surface area contributed by atoms with Gasteiger partial charge < -0.3 is 4.57 Å². The molecule has 0 radical (unpaired) electrons. The zero-order valence-electron chi connectivity index (χ0n) is 14.3. The molecular weight excluding hydrogens is 328 g/mol. The van der Waals surface area contributed by atoms with E-state index in [1.165, 1.54) is 4.57 Å². The average molecular weight is 350 g/mol. The Bertz CT molecular complexity index is 878. The Balaban J connectivity index is 2.59. The number of hydrogen-bond donors (Lipinski definition) is 1. The molecule has 0 aromatic carbocycles. The molecule has 1 N–H and O–H groups in total. The largest absolute Gasteiger partial charge is 0.318 e. The van der Waals surface area contributed by atoms with Crippen LogP contribution in [-0.2, 0) is 23.5 Å². The van der Waals surface area contributed by atoms with Gasteiger partial charge in [-0.05, 0) is 31.4 Å². The molecule has 2 heterocycles. The highest BCUT2D eigenvalue weighted by Gasteiger charge is 2.13.